The van der Waals surface area contributed by atoms with Crippen LogP contribution in [0.1, 0.15) is 41.2 Å². The Hall–Kier alpha value is -3.35. The topological polar surface area (TPSA) is 94.2 Å². The zero-order valence-corrected chi connectivity index (χ0v) is 22.6. The van der Waals surface area contributed by atoms with E-state index in [0.29, 0.717) is 35.4 Å². The van der Waals surface area contributed by atoms with Crippen molar-refractivity contribution in [3.63, 3.8) is 0 Å². The van der Waals surface area contributed by atoms with Gasteiger partial charge >= 0.3 is 0 Å². The number of fused-ring (bicyclic) bond motifs is 1. The predicted molar refractivity (Wildman–Crippen MR) is 142 cm³/mol. The number of thiazole rings is 2. The van der Waals surface area contributed by atoms with Gasteiger partial charge in [0.2, 0.25) is 5.88 Å². The summed E-state index contributed by atoms with van der Waals surface area (Å²) in [5.41, 5.74) is 9.44. The third kappa shape index (κ3) is 5.04. The van der Waals surface area contributed by atoms with E-state index in [2.05, 4.69) is 15.0 Å². The number of alkyl halides is 2. The lowest BCUT2D eigenvalue weighted by Crippen LogP contribution is -2.33. The first-order chi connectivity index (χ1) is 18.6. The largest absolute Gasteiger partial charge is 0.474 e. The minimum Gasteiger partial charge on any atom is -0.474 e. The van der Waals surface area contributed by atoms with Crippen molar-refractivity contribution in [3.8, 4) is 27.8 Å². The number of carbonyl (C=O) groups excluding carboxylic acids is 1. The summed E-state index contributed by atoms with van der Waals surface area (Å²) in [4.78, 5) is 27.5. The van der Waals surface area contributed by atoms with E-state index >= 15 is 0 Å². The molecule has 1 aliphatic heterocycles. The van der Waals surface area contributed by atoms with Crippen LogP contribution in [0.4, 0.5) is 13.2 Å². The number of rotatable bonds is 7. The monoisotopic (exact) mass is 571 g/mol. The fraction of sp³-hybridized carbons (Fsp3) is 0.333. The van der Waals surface area contributed by atoms with Crippen molar-refractivity contribution in [2.45, 2.75) is 31.9 Å². The molecule has 12 heteroatoms. The molecule has 1 aliphatic carbocycles. The molecule has 39 heavy (non-hydrogen) atoms. The Labute approximate surface area is 230 Å². The first-order valence-corrected chi connectivity index (χ1v) is 14.0. The molecule has 3 atom stereocenters. The Morgan fingerprint density at radius 2 is 1.85 bits per heavy atom. The molecule has 1 unspecified atom stereocenters. The van der Waals surface area contributed by atoms with Gasteiger partial charge in [-0.1, -0.05) is 0 Å². The first kappa shape index (κ1) is 25.9. The molecule has 4 heterocycles. The summed E-state index contributed by atoms with van der Waals surface area (Å²) in [5.74, 6) is -0.244. The third-order valence-corrected chi connectivity index (χ3v) is 8.72. The maximum atomic E-state index is 13.7. The molecule has 4 aromatic rings. The summed E-state index contributed by atoms with van der Waals surface area (Å²) in [5, 5.41) is 2.03. The van der Waals surface area contributed by atoms with Crippen LogP contribution < -0.4 is 10.5 Å². The Morgan fingerprint density at radius 1 is 1.13 bits per heavy atom. The second kappa shape index (κ2) is 9.68. The number of nitrogens with zero attached hydrogens (tertiary/aromatic N) is 4. The van der Waals surface area contributed by atoms with Crippen LogP contribution in [0.3, 0.4) is 0 Å². The van der Waals surface area contributed by atoms with Gasteiger partial charge < -0.3 is 15.4 Å². The highest BCUT2D eigenvalue weighted by Crippen LogP contribution is 2.49. The lowest BCUT2D eigenvalue weighted by Gasteiger charge is -2.22. The number of aromatic nitrogens is 3. The van der Waals surface area contributed by atoms with Crippen LogP contribution in [0.2, 0.25) is 0 Å². The van der Waals surface area contributed by atoms with E-state index in [1.54, 1.807) is 34.0 Å². The van der Waals surface area contributed by atoms with E-state index in [-0.39, 0.29) is 28.6 Å². The normalized spacial score (nSPS) is 20.4. The number of piperidine rings is 1. The van der Waals surface area contributed by atoms with Crippen LogP contribution in [-0.2, 0) is 5.54 Å². The number of amides is 1. The van der Waals surface area contributed by atoms with E-state index in [1.165, 1.54) is 23.5 Å². The third-order valence-electron chi connectivity index (χ3n) is 7.05. The van der Waals surface area contributed by atoms with Crippen LogP contribution in [0.25, 0.3) is 22.0 Å². The minimum atomic E-state index is -2.86. The summed E-state index contributed by atoms with van der Waals surface area (Å²) < 4.78 is 47.1. The summed E-state index contributed by atoms with van der Waals surface area (Å²) in [6.45, 7) is 4.55. The van der Waals surface area contributed by atoms with E-state index in [9.17, 15) is 18.0 Å². The number of carbonyl (C=O) groups is 1. The molecular formula is C27H24F3N5O2S2. The maximum absolute atomic E-state index is 13.7. The number of halogens is 3. The molecule has 2 N–H and O–H groups in total. The zero-order valence-electron chi connectivity index (χ0n) is 21.0. The quantitative estimate of drug-likeness (QED) is 0.304. The number of likely N-dealkylation sites (tertiary alicyclic amines) is 1. The van der Waals surface area contributed by atoms with Gasteiger partial charge in [-0.3, -0.25) is 4.79 Å². The number of pyridine rings is 1. The van der Waals surface area contributed by atoms with Crippen molar-refractivity contribution in [3.05, 3.63) is 69.2 Å². The van der Waals surface area contributed by atoms with Gasteiger partial charge in [-0.2, -0.15) is 0 Å². The van der Waals surface area contributed by atoms with E-state index in [1.807, 2.05) is 19.9 Å². The highest BCUT2D eigenvalue weighted by molar-refractivity contribution is 7.17. The second-order valence-electron chi connectivity index (χ2n) is 10.3. The molecule has 0 spiro atoms. The maximum Gasteiger partial charge on any atom is 0.282 e. The molecule has 1 saturated carbocycles. The summed E-state index contributed by atoms with van der Waals surface area (Å²) >= 11 is 2.28. The minimum absolute atomic E-state index is 0.0461. The molecule has 6 rings (SSSR count). The van der Waals surface area contributed by atoms with Crippen LogP contribution in [0, 0.1) is 17.7 Å². The molecule has 1 amide bonds. The molecule has 3 aromatic heterocycles. The molecule has 1 saturated heterocycles. The first-order valence-electron chi connectivity index (χ1n) is 12.3. The van der Waals surface area contributed by atoms with Crippen molar-refractivity contribution in [1.29, 1.82) is 0 Å². The number of hydrogen-bond donors (Lipinski definition) is 1. The van der Waals surface area contributed by atoms with Crippen molar-refractivity contribution in [2.24, 2.45) is 17.6 Å². The van der Waals surface area contributed by atoms with E-state index in [4.69, 9.17) is 10.5 Å². The second-order valence-corrected chi connectivity index (χ2v) is 12.1. The Morgan fingerprint density at radius 3 is 2.46 bits per heavy atom. The predicted octanol–water partition coefficient (Wildman–Crippen LogP) is 5.75. The lowest BCUT2D eigenvalue weighted by atomic mass is 9.95. The Bertz CT molecular complexity index is 1510. The standard InChI is InChI=1S/C27H24F3N5O2S2/c1-27(2,31)14-7-18(13-3-5-15(28)6-4-13)33-20(8-14)37-22-16-9-35(10-17(16)22)26(36)23-21(24(29)30)34-25(39-23)19-11-38-12-32-19/h3-8,11-12,16-17,22,24H,9-10,31H2,1-2H3/t16-,17+,22?. The molecule has 2 aliphatic rings. The van der Waals surface area contributed by atoms with Gasteiger partial charge in [0, 0.05) is 47.5 Å². The van der Waals surface area contributed by atoms with E-state index in [0.717, 1.165) is 22.5 Å². The van der Waals surface area contributed by atoms with Gasteiger partial charge in [-0.25, -0.2) is 28.1 Å². The Kier molecular flexibility index (Phi) is 6.43. The van der Waals surface area contributed by atoms with Crippen molar-refractivity contribution < 1.29 is 22.7 Å². The highest BCUT2D eigenvalue weighted by Gasteiger charge is 2.59. The van der Waals surface area contributed by atoms with Crippen molar-refractivity contribution in [2.75, 3.05) is 13.1 Å². The molecular weight excluding hydrogens is 547 g/mol. The number of hydrogen-bond acceptors (Lipinski definition) is 8. The summed E-state index contributed by atoms with van der Waals surface area (Å²) in [6, 6.07) is 9.71. The SMILES string of the molecule is CC(C)(N)c1cc(OC2[C@H]3CN(C(=O)c4sc(-c5cscn5)nc4C(F)F)C[C@@H]23)nc(-c2ccc(F)cc2)c1. The lowest BCUT2D eigenvalue weighted by molar-refractivity contribution is 0.0744. The van der Waals surface area contributed by atoms with Gasteiger partial charge in [0.25, 0.3) is 12.3 Å². The van der Waals surface area contributed by atoms with Gasteiger partial charge in [0.05, 0.1) is 11.2 Å². The van der Waals surface area contributed by atoms with Gasteiger partial charge in [0.1, 0.15) is 33.2 Å². The zero-order chi connectivity index (χ0) is 27.5. The van der Waals surface area contributed by atoms with Crippen LogP contribution >= 0.6 is 22.7 Å². The summed E-state index contributed by atoms with van der Waals surface area (Å²) in [6.07, 6.45) is -3.01. The average molecular weight is 572 g/mol. The fourth-order valence-corrected chi connectivity index (χ4v) is 6.48. The van der Waals surface area contributed by atoms with Gasteiger partial charge in [0.15, 0.2) is 0 Å². The van der Waals surface area contributed by atoms with E-state index < -0.39 is 23.6 Å². The van der Waals surface area contributed by atoms with Crippen LogP contribution in [0.5, 0.6) is 5.88 Å². The average Bonchev–Trinajstić information content (AvgIpc) is 3.43. The van der Waals surface area contributed by atoms with Gasteiger partial charge in [-0.15, -0.1) is 22.7 Å². The smallest absolute Gasteiger partial charge is 0.282 e. The number of nitrogens with two attached hydrogens (primary N) is 1. The molecule has 1 aromatic carbocycles. The molecule has 7 nitrogen and oxygen atoms in total. The number of benzene rings is 1. The van der Waals surface area contributed by atoms with Crippen LogP contribution in [-0.4, -0.2) is 45.0 Å². The molecule has 2 fully saturated rings. The van der Waals surface area contributed by atoms with Crippen LogP contribution in [0.15, 0.2) is 47.3 Å². The molecule has 202 valence electrons. The summed E-state index contributed by atoms with van der Waals surface area (Å²) in [7, 11) is 0. The Balaban J connectivity index is 1.18. The molecule has 0 radical (unpaired) electrons. The van der Waals surface area contributed by atoms with Gasteiger partial charge in [-0.05, 0) is 49.7 Å². The fourth-order valence-electron chi connectivity index (χ4n) is 4.86. The highest BCUT2D eigenvalue weighted by atomic mass is 32.1. The van der Waals surface area contributed by atoms with Crippen molar-refractivity contribution in [1.82, 2.24) is 19.9 Å². The van der Waals surface area contributed by atoms with Crippen molar-refractivity contribution >= 4 is 28.6 Å². The molecule has 0 bridgehead atoms. The number of ether oxygens (including phenoxy) is 1.